The topological polar surface area (TPSA) is 66.5 Å². The molecule has 6 heteroatoms. The molecule has 0 aliphatic rings. The molecular weight excluding hydrogens is 335 g/mol. The molecule has 0 spiro atoms. The van der Waals surface area contributed by atoms with Crippen molar-refractivity contribution >= 4 is 17.6 Å². The number of hydrogen-bond donors (Lipinski definition) is 1. The monoisotopic (exact) mass is 356 g/mol. The molecule has 5 nitrogen and oxygen atoms in total. The zero-order chi connectivity index (χ0) is 19.1. The number of ketones is 1. The van der Waals surface area contributed by atoms with Crippen molar-refractivity contribution in [1.82, 2.24) is 10.2 Å². The molecule has 0 aromatic heterocycles. The van der Waals surface area contributed by atoms with Gasteiger partial charge in [0.25, 0.3) is 5.91 Å². The van der Waals surface area contributed by atoms with Crippen molar-refractivity contribution in [1.29, 1.82) is 0 Å². The third kappa shape index (κ3) is 5.24. The molecule has 2 aromatic carbocycles. The maximum Gasteiger partial charge on any atom is 0.251 e. The molecule has 2 aromatic rings. The van der Waals surface area contributed by atoms with Crippen molar-refractivity contribution in [2.24, 2.45) is 0 Å². The summed E-state index contributed by atoms with van der Waals surface area (Å²) >= 11 is 0. The first-order valence-electron chi connectivity index (χ1n) is 8.24. The second-order valence-corrected chi connectivity index (χ2v) is 5.96. The molecule has 136 valence electrons. The van der Waals surface area contributed by atoms with Crippen LogP contribution >= 0.6 is 0 Å². The second-order valence-electron chi connectivity index (χ2n) is 5.96. The van der Waals surface area contributed by atoms with Gasteiger partial charge in [-0.1, -0.05) is 12.1 Å². The van der Waals surface area contributed by atoms with Gasteiger partial charge in [-0.3, -0.25) is 14.4 Å². The summed E-state index contributed by atoms with van der Waals surface area (Å²) in [5, 5.41) is 2.55. The van der Waals surface area contributed by atoms with E-state index >= 15 is 0 Å². The van der Waals surface area contributed by atoms with E-state index in [0.717, 1.165) is 5.56 Å². The molecular formula is C20H21FN2O3. The third-order valence-electron chi connectivity index (χ3n) is 4.02. The fourth-order valence-corrected chi connectivity index (χ4v) is 2.46. The SMILES string of the molecule is CNC(=O)c1ccc(CN(C)C(=O)CCC(=O)c2ccc(F)cc2)cc1. The Balaban J connectivity index is 1.86. The summed E-state index contributed by atoms with van der Waals surface area (Å²) < 4.78 is 12.9. The molecule has 0 saturated heterocycles. The van der Waals surface area contributed by atoms with Gasteiger partial charge < -0.3 is 10.2 Å². The molecule has 0 aliphatic carbocycles. The molecule has 0 saturated carbocycles. The average Bonchev–Trinajstić information content (AvgIpc) is 2.66. The number of halogens is 1. The normalized spacial score (nSPS) is 10.3. The predicted molar refractivity (Wildman–Crippen MR) is 96.3 cm³/mol. The highest BCUT2D eigenvalue weighted by Gasteiger charge is 2.13. The van der Waals surface area contributed by atoms with E-state index in [1.54, 1.807) is 38.4 Å². The van der Waals surface area contributed by atoms with Gasteiger partial charge in [0.05, 0.1) is 0 Å². The van der Waals surface area contributed by atoms with Crippen molar-refractivity contribution in [2.45, 2.75) is 19.4 Å². The lowest BCUT2D eigenvalue weighted by Crippen LogP contribution is -2.26. The number of hydrogen-bond acceptors (Lipinski definition) is 3. The van der Waals surface area contributed by atoms with E-state index < -0.39 is 5.82 Å². The maximum absolute atomic E-state index is 12.9. The van der Waals surface area contributed by atoms with E-state index in [1.165, 1.54) is 29.2 Å². The van der Waals surface area contributed by atoms with E-state index in [1.807, 2.05) is 0 Å². The molecule has 0 unspecified atom stereocenters. The number of benzene rings is 2. The fourth-order valence-electron chi connectivity index (χ4n) is 2.46. The molecule has 26 heavy (non-hydrogen) atoms. The molecule has 2 amide bonds. The summed E-state index contributed by atoms with van der Waals surface area (Å²) in [6.45, 7) is 0.387. The summed E-state index contributed by atoms with van der Waals surface area (Å²) in [6, 6.07) is 12.3. The maximum atomic E-state index is 12.9. The number of nitrogens with zero attached hydrogens (tertiary/aromatic N) is 1. The highest BCUT2D eigenvalue weighted by Crippen LogP contribution is 2.11. The first-order chi connectivity index (χ1) is 12.4. The molecule has 0 heterocycles. The summed E-state index contributed by atoms with van der Waals surface area (Å²) in [4.78, 5) is 37.3. The zero-order valence-corrected chi connectivity index (χ0v) is 14.8. The third-order valence-corrected chi connectivity index (χ3v) is 4.02. The Bertz CT molecular complexity index is 786. The fraction of sp³-hybridized carbons (Fsp3) is 0.250. The lowest BCUT2D eigenvalue weighted by molar-refractivity contribution is -0.130. The molecule has 0 atom stereocenters. The van der Waals surface area contributed by atoms with E-state index in [0.29, 0.717) is 17.7 Å². The van der Waals surface area contributed by atoms with Crippen LogP contribution in [0.3, 0.4) is 0 Å². The quantitative estimate of drug-likeness (QED) is 0.776. The van der Waals surface area contributed by atoms with Gasteiger partial charge in [-0.2, -0.15) is 0 Å². The summed E-state index contributed by atoms with van der Waals surface area (Å²) in [7, 11) is 3.23. The molecule has 0 radical (unpaired) electrons. The van der Waals surface area contributed by atoms with Crippen molar-refractivity contribution in [3.63, 3.8) is 0 Å². The summed E-state index contributed by atoms with van der Waals surface area (Å²) in [5.41, 5.74) is 1.83. The van der Waals surface area contributed by atoms with E-state index in [2.05, 4.69) is 5.32 Å². The van der Waals surface area contributed by atoms with Crippen LogP contribution in [-0.2, 0) is 11.3 Å². The Morgan fingerprint density at radius 1 is 0.923 bits per heavy atom. The zero-order valence-electron chi connectivity index (χ0n) is 14.8. The van der Waals surface area contributed by atoms with Crippen molar-refractivity contribution in [3.05, 3.63) is 71.0 Å². The number of carbonyl (C=O) groups is 3. The summed E-state index contributed by atoms with van der Waals surface area (Å²) in [5.74, 6) is -0.919. The summed E-state index contributed by atoms with van der Waals surface area (Å²) in [6.07, 6.45) is 0.160. The van der Waals surface area contributed by atoms with E-state index in [-0.39, 0.29) is 30.4 Å². The molecule has 1 N–H and O–H groups in total. The lowest BCUT2D eigenvalue weighted by atomic mass is 10.1. The molecule has 2 rings (SSSR count). The molecule has 0 fully saturated rings. The van der Waals surface area contributed by atoms with Gasteiger partial charge in [0.2, 0.25) is 5.91 Å². The van der Waals surface area contributed by atoms with Gasteiger partial charge >= 0.3 is 0 Å². The van der Waals surface area contributed by atoms with Crippen LogP contribution in [0.25, 0.3) is 0 Å². The van der Waals surface area contributed by atoms with Crippen LogP contribution in [0.5, 0.6) is 0 Å². The Kier molecular flexibility index (Phi) is 6.60. The van der Waals surface area contributed by atoms with Crippen molar-refractivity contribution < 1.29 is 18.8 Å². The van der Waals surface area contributed by atoms with Crippen LogP contribution in [0.15, 0.2) is 48.5 Å². The Morgan fingerprint density at radius 2 is 1.50 bits per heavy atom. The Hall–Kier alpha value is -3.02. The van der Waals surface area contributed by atoms with Gasteiger partial charge in [0, 0.05) is 44.6 Å². The lowest BCUT2D eigenvalue weighted by Gasteiger charge is -2.17. The standard InChI is InChI=1S/C20H21FN2O3/c1-22-20(26)16-5-3-14(4-6-16)13-23(2)19(25)12-11-18(24)15-7-9-17(21)10-8-15/h3-10H,11-13H2,1-2H3,(H,22,26). The van der Waals surface area contributed by atoms with Crippen LogP contribution in [-0.4, -0.2) is 36.6 Å². The van der Waals surface area contributed by atoms with Crippen LogP contribution < -0.4 is 5.32 Å². The van der Waals surface area contributed by atoms with Crippen LogP contribution in [0.4, 0.5) is 4.39 Å². The first kappa shape index (κ1) is 19.3. The second kappa shape index (κ2) is 8.89. The first-order valence-corrected chi connectivity index (χ1v) is 8.24. The minimum atomic E-state index is -0.403. The van der Waals surface area contributed by atoms with Gasteiger partial charge in [0.1, 0.15) is 5.82 Å². The number of Topliss-reactive ketones (excluding diaryl/α,β-unsaturated/α-hetero) is 1. The highest BCUT2D eigenvalue weighted by atomic mass is 19.1. The molecule has 0 bridgehead atoms. The highest BCUT2D eigenvalue weighted by molar-refractivity contribution is 5.98. The largest absolute Gasteiger partial charge is 0.355 e. The Morgan fingerprint density at radius 3 is 2.08 bits per heavy atom. The minimum absolute atomic E-state index is 0.0738. The number of rotatable bonds is 7. The number of nitrogens with one attached hydrogen (secondary N) is 1. The van der Waals surface area contributed by atoms with Gasteiger partial charge in [-0.15, -0.1) is 0 Å². The van der Waals surface area contributed by atoms with E-state index in [4.69, 9.17) is 0 Å². The van der Waals surface area contributed by atoms with Crippen LogP contribution in [0.2, 0.25) is 0 Å². The predicted octanol–water partition coefficient (Wildman–Crippen LogP) is 2.81. The minimum Gasteiger partial charge on any atom is -0.355 e. The van der Waals surface area contributed by atoms with Crippen LogP contribution in [0.1, 0.15) is 39.1 Å². The number of carbonyl (C=O) groups excluding carboxylic acids is 3. The van der Waals surface area contributed by atoms with Crippen molar-refractivity contribution in [2.75, 3.05) is 14.1 Å². The Labute approximate surface area is 151 Å². The molecule has 0 aliphatic heterocycles. The van der Waals surface area contributed by atoms with E-state index in [9.17, 15) is 18.8 Å². The van der Waals surface area contributed by atoms with Crippen LogP contribution in [0, 0.1) is 5.82 Å². The number of amides is 2. The van der Waals surface area contributed by atoms with Gasteiger partial charge in [-0.05, 0) is 42.0 Å². The van der Waals surface area contributed by atoms with Crippen molar-refractivity contribution in [3.8, 4) is 0 Å². The van der Waals surface area contributed by atoms with Gasteiger partial charge in [0.15, 0.2) is 5.78 Å². The smallest absolute Gasteiger partial charge is 0.251 e. The average molecular weight is 356 g/mol. The van der Waals surface area contributed by atoms with Gasteiger partial charge in [-0.25, -0.2) is 4.39 Å².